The van der Waals surface area contributed by atoms with Gasteiger partial charge in [0, 0.05) is 51.5 Å². The quantitative estimate of drug-likeness (QED) is 0.0665. The second kappa shape index (κ2) is 18.0. The third kappa shape index (κ3) is 11.7. The number of ether oxygens (including phenoxy) is 2. The molecule has 1 aromatic carbocycles. The summed E-state index contributed by atoms with van der Waals surface area (Å²) in [5, 5.41) is 6.78. The van der Waals surface area contributed by atoms with Crippen LogP contribution in [-0.2, 0) is 40.2 Å². The van der Waals surface area contributed by atoms with E-state index in [1.54, 1.807) is 52.5 Å². The Morgan fingerprint density at radius 2 is 1.75 bits per heavy atom. The second-order valence-electron chi connectivity index (χ2n) is 16.2. The molecule has 4 N–H and O–H groups in total. The van der Waals surface area contributed by atoms with Gasteiger partial charge in [-0.25, -0.2) is 49.3 Å². The number of imidazole rings is 1. The molecule has 16 nitrogen and oxygen atoms in total. The van der Waals surface area contributed by atoms with Crippen LogP contribution in [0.2, 0.25) is 0 Å². The predicted octanol–water partition coefficient (Wildman–Crippen LogP) is 6.00. The number of halogens is 1. The van der Waals surface area contributed by atoms with E-state index in [9.17, 15) is 18.8 Å². The van der Waals surface area contributed by atoms with Gasteiger partial charge in [0.1, 0.15) is 39.5 Å². The number of aromatic nitrogens is 6. The number of hydrazine groups is 1. The highest BCUT2D eigenvalue weighted by Gasteiger charge is 2.40. The van der Waals surface area contributed by atoms with Crippen molar-refractivity contribution in [1.29, 1.82) is 0 Å². The summed E-state index contributed by atoms with van der Waals surface area (Å²) in [6, 6.07) is 8.31. The van der Waals surface area contributed by atoms with Crippen molar-refractivity contribution in [3.05, 3.63) is 70.8 Å². The number of carbonyl (C=O) groups excluding carboxylic acids is 3. The number of fused-ring (bicyclic) bond motifs is 2. The van der Waals surface area contributed by atoms with Crippen molar-refractivity contribution < 1.29 is 28.2 Å². The molecule has 0 bridgehead atoms. The van der Waals surface area contributed by atoms with Crippen molar-refractivity contribution >= 4 is 56.6 Å². The lowest BCUT2D eigenvalue weighted by Crippen LogP contribution is -2.39. The van der Waals surface area contributed by atoms with E-state index in [0.29, 0.717) is 63.7 Å². The number of hydrogen-bond acceptors (Lipinski definition) is 14. The molecule has 6 rings (SSSR count). The lowest BCUT2D eigenvalue weighted by molar-refractivity contribution is -0.121. The molecule has 0 saturated carbocycles. The SMILES string of the molecule is C#CCCC1(CCC(=O)NCc2ccc3c(c2)nc(CCN(CCc2nc4c(NCc5ncccc5F)ncnc4s2)C(=O)OC(C)(C)C)n3C(=O)OC(C)(C)C)NN1. The van der Waals surface area contributed by atoms with Gasteiger partial charge in [-0.1, -0.05) is 17.4 Å². The van der Waals surface area contributed by atoms with Gasteiger partial charge in [0.15, 0.2) is 5.82 Å². The molecular weight excluding hydrogens is 778 g/mol. The van der Waals surface area contributed by atoms with Crippen LogP contribution in [0.3, 0.4) is 0 Å². The fourth-order valence-electron chi connectivity index (χ4n) is 6.17. The molecule has 1 fully saturated rings. The van der Waals surface area contributed by atoms with E-state index < -0.39 is 29.2 Å². The maximum absolute atomic E-state index is 14.2. The predicted molar refractivity (Wildman–Crippen MR) is 221 cm³/mol. The zero-order valence-corrected chi connectivity index (χ0v) is 35.0. The van der Waals surface area contributed by atoms with Crippen molar-refractivity contribution in [2.24, 2.45) is 0 Å². The number of pyridine rings is 1. The number of nitrogens with zero attached hydrogens (tertiary/aromatic N) is 7. The molecule has 0 radical (unpaired) electrons. The lowest BCUT2D eigenvalue weighted by atomic mass is 10.0. The van der Waals surface area contributed by atoms with Gasteiger partial charge in [-0.3, -0.25) is 9.78 Å². The summed E-state index contributed by atoms with van der Waals surface area (Å²) in [4.78, 5) is 64.6. The van der Waals surface area contributed by atoms with E-state index in [0.717, 1.165) is 12.0 Å². The minimum absolute atomic E-state index is 0.101. The summed E-state index contributed by atoms with van der Waals surface area (Å²) < 4.78 is 27.2. The number of benzene rings is 1. The van der Waals surface area contributed by atoms with Gasteiger partial charge in [0.05, 0.1) is 33.9 Å². The molecule has 2 amide bonds. The Morgan fingerprint density at radius 1 is 0.983 bits per heavy atom. The normalized spacial score (nSPS) is 13.5. The number of nitrogens with one attached hydrogen (secondary N) is 4. The van der Waals surface area contributed by atoms with Crippen LogP contribution in [0.25, 0.3) is 21.4 Å². The summed E-state index contributed by atoms with van der Waals surface area (Å²) >= 11 is 1.36. The third-order valence-electron chi connectivity index (χ3n) is 9.16. The minimum Gasteiger partial charge on any atom is -0.444 e. The van der Waals surface area contributed by atoms with E-state index in [-0.39, 0.29) is 49.9 Å². The zero-order chi connectivity index (χ0) is 42.4. The Balaban J connectivity index is 1.17. The van der Waals surface area contributed by atoms with E-state index in [4.69, 9.17) is 25.9 Å². The molecule has 4 aromatic heterocycles. The molecule has 0 aliphatic carbocycles. The largest absolute Gasteiger partial charge is 0.444 e. The molecule has 312 valence electrons. The maximum atomic E-state index is 14.2. The maximum Gasteiger partial charge on any atom is 0.420 e. The standard InChI is InChI=1S/C41H50FN11O5S/c1-8-9-17-41(50-51-41)18-14-32(54)44-23-26-12-13-30-28(22-26)48-31(53(30)38(56)58-40(5,6)7)15-20-52(37(55)57-39(2,3)4)21-16-33-49-34-35(46-25-47-36(34)59-33)45-24-29-27(42)11-10-19-43-29/h1,10-13,19,22,25,50-51H,9,14-18,20-21,23-24H2,2-7H3,(H,44,54)(H,45,46,47). The van der Waals surface area contributed by atoms with Gasteiger partial charge in [0.25, 0.3) is 0 Å². The first-order valence-electron chi connectivity index (χ1n) is 19.4. The first-order chi connectivity index (χ1) is 28.0. The summed E-state index contributed by atoms with van der Waals surface area (Å²) in [6.07, 6.45) is 10.0. The fourth-order valence-corrected chi connectivity index (χ4v) is 7.06. The van der Waals surface area contributed by atoms with Gasteiger partial charge in [-0.15, -0.1) is 12.3 Å². The van der Waals surface area contributed by atoms with E-state index in [1.165, 1.54) is 40.6 Å². The Kier molecular flexibility index (Phi) is 13.1. The summed E-state index contributed by atoms with van der Waals surface area (Å²) in [5.41, 5.74) is 7.00. The number of rotatable bonds is 16. The van der Waals surface area contributed by atoms with Gasteiger partial charge < -0.3 is 25.0 Å². The van der Waals surface area contributed by atoms with Crippen LogP contribution in [0.1, 0.15) is 89.3 Å². The average molecular weight is 828 g/mol. The molecule has 1 saturated heterocycles. The first-order valence-corrected chi connectivity index (χ1v) is 20.2. The highest BCUT2D eigenvalue weighted by molar-refractivity contribution is 7.18. The van der Waals surface area contributed by atoms with Crippen LogP contribution in [0.15, 0.2) is 42.9 Å². The molecule has 59 heavy (non-hydrogen) atoms. The van der Waals surface area contributed by atoms with Crippen LogP contribution < -0.4 is 21.5 Å². The highest BCUT2D eigenvalue weighted by Crippen LogP contribution is 2.27. The Labute approximate surface area is 346 Å². The molecule has 0 unspecified atom stereocenters. The van der Waals surface area contributed by atoms with E-state index in [1.807, 2.05) is 12.1 Å². The zero-order valence-electron chi connectivity index (χ0n) is 34.1. The topological polar surface area (TPSA) is 210 Å². The van der Waals surface area contributed by atoms with Crippen LogP contribution in [-0.4, -0.2) is 82.4 Å². The Hall–Kier alpha value is -5.77. The van der Waals surface area contributed by atoms with Crippen molar-refractivity contribution in [2.75, 3.05) is 18.4 Å². The van der Waals surface area contributed by atoms with Crippen LogP contribution >= 0.6 is 11.3 Å². The molecule has 0 spiro atoms. The molecule has 1 aliphatic rings. The second-order valence-corrected chi connectivity index (χ2v) is 17.3. The van der Waals surface area contributed by atoms with E-state index >= 15 is 0 Å². The molecular formula is C41H50FN11O5S. The van der Waals surface area contributed by atoms with Crippen LogP contribution in [0.4, 0.5) is 19.8 Å². The summed E-state index contributed by atoms with van der Waals surface area (Å²) in [5.74, 6) is 2.93. The molecule has 0 atom stereocenters. The number of thiazole rings is 1. The first kappa shape index (κ1) is 42.8. The molecule has 18 heteroatoms. The lowest BCUT2D eigenvalue weighted by Gasteiger charge is -2.27. The fraction of sp³-hybridized carbons (Fsp3) is 0.463. The number of carbonyl (C=O) groups is 3. The van der Waals surface area contributed by atoms with Crippen molar-refractivity contribution in [3.63, 3.8) is 0 Å². The Bertz CT molecular complexity index is 2360. The van der Waals surface area contributed by atoms with Gasteiger partial charge in [0.2, 0.25) is 5.91 Å². The number of amides is 2. The molecule has 5 aromatic rings. The van der Waals surface area contributed by atoms with Gasteiger partial charge in [-0.2, -0.15) is 0 Å². The smallest absolute Gasteiger partial charge is 0.420 e. The minimum atomic E-state index is -0.783. The van der Waals surface area contributed by atoms with Crippen molar-refractivity contribution in [1.82, 2.24) is 50.6 Å². The molecule has 5 heterocycles. The Morgan fingerprint density at radius 3 is 2.46 bits per heavy atom. The van der Waals surface area contributed by atoms with E-state index in [2.05, 4.69) is 42.4 Å². The van der Waals surface area contributed by atoms with Gasteiger partial charge >= 0.3 is 12.2 Å². The number of anilines is 1. The summed E-state index contributed by atoms with van der Waals surface area (Å²) in [7, 11) is 0. The number of terminal acetylenes is 1. The van der Waals surface area contributed by atoms with Crippen LogP contribution in [0.5, 0.6) is 0 Å². The summed E-state index contributed by atoms with van der Waals surface area (Å²) in [6.45, 7) is 11.5. The van der Waals surface area contributed by atoms with Crippen molar-refractivity contribution in [2.45, 2.75) is 110 Å². The highest BCUT2D eigenvalue weighted by atomic mass is 32.1. The molecule has 1 aliphatic heterocycles. The third-order valence-corrected chi connectivity index (χ3v) is 10.2. The van der Waals surface area contributed by atoms with Gasteiger partial charge in [-0.05, 0) is 84.2 Å². The van der Waals surface area contributed by atoms with Crippen LogP contribution in [0, 0.1) is 18.2 Å². The van der Waals surface area contributed by atoms with Crippen molar-refractivity contribution in [3.8, 4) is 12.3 Å². The number of hydrogen-bond donors (Lipinski definition) is 4. The monoisotopic (exact) mass is 827 g/mol. The average Bonchev–Trinajstić information content (AvgIpc) is 3.65.